The summed E-state index contributed by atoms with van der Waals surface area (Å²) in [6.45, 7) is 4.01. The lowest BCUT2D eigenvalue weighted by Gasteiger charge is -2.24. The Morgan fingerprint density at radius 3 is 3.00 bits per heavy atom. The molecule has 88 valence electrons. The molecule has 5 nitrogen and oxygen atoms in total. The zero-order valence-corrected chi connectivity index (χ0v) is 9.50. The Labute approximate surface area is 95.4 Å². The molecule has 2 aliphatic rings. The Morgan fingerprint density at radius 1 is 1.31 bits per heavy atom. The maximum absolute atomic E-state index is 6.20. The lowest BCUT2D eigenvalue weighted by atomic mass is 10.1. The van der Waals surface area contributed by atoms with E-state index < -0.39 is 0 Å². The van der Waals surface area contributed by atoms with E-state index >= 15 is 0 Å². The SMILES string of the molecule is Nc1c2c(nn1C1CCCNC1)CNCC2. The standard InChI is InChI=1S/C11H19N5/c12-11-9-3-5-14-7-10(9)15-16(11)8-2-1-4-13-6-8/h8,13-14H,1-7,12H2. The molecule has 0 aromatic carbocycles. The fourth-order valence-corrected chi connectivity index (χ4v) is 2.69. The fourth-order valence-electron chi connectivity index (χ4n) is 2.69. The van der Waals surface area contributed by atoms with Gasteiger partial charge >= 0.3 is 0 Å². The highest BCUT2D eigenvalue weighted by atomic mass is 15.3. The van der Waals surface area contributed by atoms with Crippen LogP contribution in [0.4, 0.5) is 5.82 Å². The first kappa shape index (κ1) is 10.1. The Kier molecular flexibility index (Phi) is 2.57. The number of nitrogens with zero attached hydrogens (tertiary/aromatic N) is 2. The van der Waals surface area contributed by atoms with Crippen LogP contribution in [-0.4, -0.2) is 29.4 Å². The number of aromatic nitrogens is 2. The first-order valence-electron chi connectivity index (χ1n) is 6.13. The van der Waals surface area contributed by atoms with Crippen LogP contribution in [0.15, 0.2) is 0 Å². The van der Waals surface area contributed by atoms with E-state index in [-0.39, 0.29) is 0 Å². The topological polar surface area (TPSA) is 67.9 Å². The summed E-state index contributed by atoms with van der Waals surface area (Å²) in [5, 5.41) is 11.4. The number of rotatable bonds is 1. The molecule has 3 heterocycles. The minimum atomic E-state index is 0.444. The molecule has 0 aliphatic carbocycles. The van der Waals surface area contributed by atoms with Crippen LogP contribution in [0, 0.1) is 0 Å². The normalized spacial score (nSPS) is 25.4. The number of piperidine rings is 1. The molecule has 0 amide bonds. The van der Waals surface area contributed by atoms with Crippen molar-refractivity contribution < 1.29 is 0 Å². The molecule has 1 fully saturated rings. The van der Waals surface area contributed by atoms with E-state index in [0.29, 0.717) is 6.04 Å². The third kappa shape index (κ3) is 1.60. The second kappa shape index (κ2) is 4.07. The minimum absolute atomic E-state index is 0.444. The van der Waals surface area contributed by atoms with Crippen LogP contribution in [0.5, 0.6) is 0 Å². The summed E-state index contributed by atoms with van der Waals surface area (Å²) in [7, 11) is 0. The number of hydrogen-bond acceptors (Lipinski definition) is 4. The highest BCUT2D eigenvalue weighted by Crippen LogP contribution is 2.26. The number of hydrogen-bond donors (Lipinski definition) is 3. The molecule has 1 atom stereocenters. The molecule has 4 N–H and O–H groups in total. The van der Waals surface area contributed by atoms with Gasteiger partial charge < -0.3 is 16.4 Å². The Morgan fingerprint density at radius 2 is 2.25 bits per heavy atom. The molecule has 0 spiro atoms. The number of fused-ring (bicyclic) bond motifs is 1. The Bertz CT molecular complexity index is 378. The van der Waals surface area contributed by atoms with Crippen molar-refractivity contribution in [2.75, 3.05) is 25.4 Å². The van der Waals surface area contributed by atoms with Crippen molar-refractivity contribution in [3.05, 3.63) is 11.3 Å². The number of nitrogens with one attached hydrogen (secondary N) is 2. The fraction of sp³-hybridized carbons (Fsp3) is 0.727. The molecule has 1 unspecified atom stereocenters. The first-order chi connectivity index (χ1) is 7.86. The van der Waals surface area contributed by atoms with Crippen molar-refractivity contribution in [2.24, 2.45) is 0 Å². The molecule has 0 radical (unpaired) electrons. The van der Waals surface area contributed by atoms with Crippen molar-refractivity contribution in [1.82, 2.24) is 20.4 Å². The summed E-state index contributed by atoms with van der Waals surface area (Å²) in [6, 6.07) is 0.444. The number of nitrogen functional groups attached to an aromatic ring is 1. The number of anilines is 1. The Balaban J connectivity index is 1.91. The quantitative estimate of drug-likeness (QED) is 0.626. The van der Waals surface area contributed by atoms with Crippen LogP contribution >= 0.6 is 0 Å². The maximum atomic E-state index is 6.20. The van der Waals surface area contributed by atoms with Gasteiger partial charge in [0.15, 0.2) is 0 Å². The van der Waals surface area contributed by atoms with E-state index in [0.717, 1.165) is 44.1 Å². The van der Waals surface area contributed by atoms with E-state index in [2.05, 4.69) is 15.7 Å². The second-order valence-corrected chi connectivity index (χ2v) is 4.68. The van der Waals surface area contributed by atoms with E-state index in [1.165, 1.54) is 18.4 Å². The van der Waals surface area contributed by atoms with Crippen LogP contribution < -0.4 is 16.4 Å². The molecule has 16 heavy (non-hydrogen) atoms. The molecule has 0 saturated carbocycles. The number of nitrogens with two attached hydrogens (primary N) is 1. The van der Waals surface area contributed by atoms with Crippen molar-refractivity contribution in [1.29, 1.82) is 0 Å². The van der Waals surface area contributed by atoms with Gasteiger partial charge in [-0.05, 0) is 32.4 Å². The van der Waals surface area contributed by atoms with Crippen molar-refractivity contribution >= 4 is 5.82 Å². The average molecular weight is 221 g/mol. The van der Waals surface area contributed by atoms with Gasteiger partial charge in [-0.2, -0.15) is 5.10 Å². The molecular weight excluding hydrogens is 202 g/mol. The summed E-state index contributed by atoms with van der Waals surface area (Å²) in [5.41, 5.74) is 8.62. The van der Waals surface area contributed by atoms with E-state index in [9.17, 15) is 0 Å². The highest BCUT2D eigenvalue weighted by molar-refractivity contribution is 5.45. The van der Waals surface area contributed by atoms with Gasteiger partial charge in [0.25, 0.3) is 0 Å². The van der Waals surface area contributed by atoms with Gasteiger partial charge in [0.2, 0.25) is 0 Å². The lowest BCUT2D eigenvalue weighted by Crippen LogP contribution is -2.32. The monoisotopic (exact) mass is 221 g/mol. The smallest absolute Gasteiger partial charge is 0.125 e. The molecule has 1 aromatic heterocycles. The summed E-state index contributed by atoms with van der Waals surface area (Å²) in [4.78, 5) is 0. The largest absolute Gasteiger partial charge is 0.384 e. The molecule has 5 heteroatoms. The first-order valence-corrected chi connectivity index (χ1v) is 6.13. The maximum Gasteiger partial charge on any atom is 0.125 e. The van der Waals surface area contributed by atoms with Crippen LogP contribution in [0.2, 0.25) is 0 Å². The predicted molar refractivity (Wildman–Crippen MR) is 63.2 cm³/mol. The summed E-state index contributed by atoms with van der Waals surface area (Å²) < 4.78 is 2.05. The molecular formula is C11H19N5. The molecule has 2 aliphatic heterocycles. The average Bonchev–Trinajstić information content (AvgIpc) is 2.69. The van der Waals surface area contributed by atoms with Gasteiger partial charge in [0, 0.05) is 18.7 Å². The van der Waals surface area contributed by atoms with Crippen molar-refractivity contribution in [3.8, 4) is 0 Å². The van der Waals surface area contributed by atoms with Gasteiger partial charge in [0.05, 0.1) is 11.7 Å². The van der Waals surface area contributed by atoms with Gasteiger partial charge in [-0.15, -0.1) is 0 Å². The predicted octanol–water partition coefficient (Wildman–Crippen LogP) is 0.0355. The summed E-state index contributed by atoms with van der Waals surface area (Å²) >= 11 is 0. The second-order valence-electron chi connectivity index (χ2n) is 4.68. The van der Waals surface area contributed by atoms with E-state index in [1.54, 1.807) is 0 Å². The van der Waals surface area contributed by atoms with Crippen LogP contribution in [0.25, 0.3) is 0 Å². The highest BCUT2D eigenvalue weighted by Gasteiger charge is 2.23. The molecule has 0 bridgehead atoms. The summed E-state index contributed by atoms with van der Waals surface area (Å²) in [6.07, 6.45) is 3.42. The molecule has 3 rings (SSSR count). The van der Waals surface area contributed by atoms with E-state index in [1.807, 2.05) is 4.68 Å². The molecule has 1 saturated heterocycles. The lowest BCUT2D eigenvalue weighted by molar-refractivity contribution is 0.349. The summed E-state index contributed by atoms with van der Waals surface area (Å²) in [5.74, 6) is 0.894. The molecule has 1 aromatic rings. The van der Waals surface area contributed by atoms with Gasteiger partial charge in [-0.3, -0.25) is 0 Å². The van der Waals surface area contributed by atoms with Crippen LogP contribution in [0.1, 0.15) is 30.1 Å². The van der Waals surface area contributed by atoms with Gasteiger partial charge in [-0.25, -0.2) is 4.68 Å². The zero-order valence-electron chi connectivity index (χ0n) is 9.50. The zero-order chi connectivity index (χ0) is 11.0. The van der Waals surface area contributed by atoms with Gasteiger partial charge in [0.1, 0.15) is 5.82 Å². The Hall–Kier alpha value is -1.07. The van der Waals surface area contributed by atoms with Gasteiger partial charge in [-0.1, -0.05) is 0 Å². The third-order valence-corrected chi connectivity index (χ3v) is 3.59. The van der Waals surface area contributed by atoms with Crippen molar-refractivity contribution in [2.45, 2.75) is 31.8 Å². The van der Waals surface area contributed by atoms with Crippen LogP contribution in [-0.2, 0) is 13.0 Å². The minimum Gasteiger partial charge on any atom is -0.384 e. The third-order valence-electron chi connectivity index (χ3n) is 3.59. The van der Waals surface area contributed by atoms with Crippen molar-refractivity contribution in [3.63, 3.8) is 0 Å². The van der Waals surface area contributed by atoms with Crippen LogP contribution in [0.3, 0.4) is 0 Å². The van der Waals surface area contributed by atoms with E-state index in [4.69, 9.17) is 5.73 Å².